The third-order valence-corrected chi connectivity index (χ3v) is 13.7. The molecule has 0 amide bonds. The highest BCUT2D eigenvalue weighted by Gasteiger charge is 2.36. The summed E-state index contributed by atoms with van der Waals surface area (Å²) >= 11 is 0. The highest BCUT2D eigenvalue weighted by molar-refractivity contribution is 5.51. The average molecular weight is 815 g/mol. The molecular formula is C62H70. The monoisotopic (exact) mass is 815 g/mol. The maximum Gasteiger partial charge on any atom is 0.0451 e. The smallest absolute Gasteiger partial charge is 0.0451 e. The van der Waals surface area contributed by atoms with Gasteiger partial charge in [0.1, 0.15) is 0 Å². The zero-order valence-corrected chi connectivity index (χ0v) is 37.4. The van der Waals surface area contributed by atoms with E-state index in [9.17, 15) is 0 Å². The average Bonchev–Trinajstić information content (AvgIpc) is 3.35. The Hall–Kier alpha value is -5.46. The van der Waals surface area contributed by atoms with E-state index in [4.69, 9.17) is 0 Å². The van der Waals surface area contributed by atoms with E-state index in [1.54, 1.807) is 0 Å². The fourth-order valence-corrected chi connectivity index (χ4v) is 10.3. The molecule has 0 heterocycles. The van der Waals surface area contributed by atoms with Crippen molar-refractivity contribution >= 4 is 0 Å². The SMILES string of the molecule is c1ccc(C(CCCCCCCCCc2ccc(CCCCCCCCCC(c3ccccc3)(c3ccccc3)c3ccccc3)cc2)(c2ccccc2)c2ccccc2)cc1. The van der Waals surface area contributed by atoms with E-state index in [2.05, 4.69) is 206 Å². The summed E-state index contributed by atoms with van der Waals surface area (Å²) in [5.41, 5.74) is 11.1. The minimum absolute atomic E-state index is 0.120. The second-order valence-corrected chi connectivity index (χ2v) is 17.8. The van der Waals surface area contributed by atoms with Crippen LogP contribution in [0.2, 0.25) is 0 Å². The van der Waals surface area contributed by atoms with E-state index in [0.717, 1.165) is 12.8 Å². The van der Waals surface area contributed by atoms with Gasteiger partial charge >= 0.3 is 0 Å². The van der Waals surface area contributed by atoms with Crippen molar-refractivity contribution in [2.24, 2.45) is 0 Å². The van der Waals surface area contributed by atoms with Crippen LogP contribution in [0.5, 0.6) is 0 Å². The van der Waals surface area contributed by atoms with Crippen molar-refractivity contribution in [1.29, 1.82) is 0 Å². The van der Waals surface area contributed by atoms with Crippen LogP contribution in [-0.2, 0) is 23.7 Å². The van der Waals surface area contributed by atoms with Crippen LogP contribution >= 0.6 is 0 Å². The molecule has 0 saturated carbocycles. The third-order valence-electron chi connectivity index (χ3n) is 13.7. The van der Waals surface area contributed by atoms with Crippen LogP contribution in [0, 0.1) is 0 Å². The Kier molecular flexibility index (Phi) is 17.4. The lowest BCUT2D eigenvalue weighted by Crippen LogP contribution is -2.29. The molecule has 0 heteroatoms. The number of rotatable bonds is 26. The minimum Gasteiger partial charge on any atom is -0.0622 e. The molecule has 7 aromatic rings. The number of aryl methyl sites for hydroxylation is 2. The van der Waals surface area contributed by atoms with Crippen molar-refractivity contribution in [2.45, 2.75) is 126 Å². The van der Waals surface area contributed by atoms with Gasteiger partial charge in [0.2, 0.25) is 0 Å². The molecular weight excluding hydrogens is 745 g/mol. The third kappa shape index (κ3) is 11.9. The zero-order valence-electron chi connectivity index (χ0n) is 37.4. The molecule has 7 aromatic carbocycles. The molecule has 62 heavy (non-hydrogen) atoms. The van der Waals surface area contributed by atoms with Crippen LogP contribution in [0.3, 0.4) is 0 Å². The van der Waals surface area contributed by atoms with Gasteiger partial charge in [0, 0.05) is 10.8 Å². The number of unbranched alkanes of at least 4 members (excludes halogenated alkanes) is 12. The normalized spacial score (nSPS) is 11.7. The Bertz CT molecular complexity index is 1850. The van der Waals surface area contributed by atoms with Crippen molar-refractivity contribution < 1.29 is 0 Å². The molecule has 0 bridgehead atoms. The van der Waals surface area contributed by atoms with Crippen LogP contribution in [0.25, 0.3) is 0 Å². The summed E-state index contributed by atoms with van der Waals surface area (Å²) in [6, 6.07) is 76.7. The van der Waals surface area contributed by atoms with Gasteiger partial charge in [-0.25, -0.2) is 0 Å². The lowest BCUT2D eigenvalue weighted by atomic mass is 9.66. The van der Waals surface area contributed by atoms with E-state index < -0.39 is 0 Å². The molecule has 0 N–H and O–H groups in total. The van der Waals surface area contributed by atoms with Crippen molar-refractivity contribution in [1.82, 2.24) is 0 Å². The van der Waals surface area contributed by atoms with Gasteiger partial charge in [0.05, 0.1) is 0 Å². The molecule has 0 fully saturated rings. The summed E-state index contributed by atoms with van der Waals surface area (Å²) in [5, 5.41) is 0. The standard InChI is InChI=1S/C62H70/c1(5-9-31-51-61(55-35-19-11-20-36-55,56-37-21-12-22-38-56)57-39-23-13-24-40-57)3-7-17-33-53-47-49-54(50-48-53)34-18-8-4-2-6-10-32-52-62(58-41-25-14-26-42-58,59-43-27-15-28-44-59)60-45-29-16-30-46-60/h11-16,19-30,35-50H,1-10,17-18,31-34,51-52H2. The molecule has 0 saturated heterocycles. The molecule has 0 aromatic heterocycles. The van der Waals surface area contributed by atoms with Gasteiger partial charge in [-0.15, -0.1) is 0 Å². The maximum absolute atomic E-state index is 2.40. The van der Waals surface area contributed by atoms with Crippen molar-refractivity contribution in [2.75, 3.05) is 0 Å². The number of hydrogen-bond donors (Lipinski definition) is 0. The zero-order chi connectivity index (χ0) is 42.4. The molecule has 0 aliphatic carbocycles. The van der Waals surface area contributed by atoms with Gasteiger partial charge in [-0.3, -0.25) is 0 Å². The van der Waals surface area contributed by atoms with Crippen LogP contribution in [-0.4, -0.2) is 0 Å². The maximum atomic E-state index is 2.40. The lowest BCUT2D eigenvalue weighted by molar-refractivity contribution is 0.495. The molecule has 7 rings (SSSR count). The predicted octanol–water partition coefficient (Wildman–Crippen LogP) is 17.1. The van der Waals surface area contributed by atoms with Gasteiger partial charge in [0.15, 0.2) is 0 Å². The van der Waals surface area contributed by atoms with Gasteiger partial charge in [0.25, 0.3) is 0 Å². The molecule has 318 valence electrons. The Morgan fingerprint density at radius 2 is 0.387 bits per heavy atom. The first-order valence-electron chi connectivity index (χ1n) is 24.2. The van der Waals surface area contributed by atoms with E-state index in [1.165, 1.54) is 147 Å². The number of benzene rings is 7. The molecule has 0 nitrogen and oxygen atoms in total. The largest absolute Gasteiger partial charge is 0.0622 e. The molecule has 0 atom stereocenters. The van der Waals surface area contributed by atoms with Crippen molar-refractivity contribution in [3.8, 4) is 0 Å². The summed E-state index contributed by atoms with van der Waals surface area (Å²) in [5.74, 6) is 0. The Balaban J connectivity index is 0.764. The van der Waals surface area contributed by atoms with Crippen LogP contribution in [0.15, 0.2) is 206 Å². The summed E-state index contributed by atoms with van der Waals surface area (Å²) in [7, 11) is 0. The molecule has 0 spiro atoms. The first kappa shape index (κ1) is 44.6. The Morgan fingerprint density at radius 1 is 0.194 bits per heavy atom. The van der Waals surface area contributed by atoms with Crippen LogP contribution in [0.4, 0.5) is 0 Å². The summed E-state index contributed by atoms with van der Waals surface area (Å²) < 4.78 is 0. The molecule has 0 aliphatic rings. The minimum atomic E-state index is -0.120. The highest BCUT2D eigenvalue weighted by Crippen LogP contribution is 2.45. The first-order valence-corrected chi connectivity index (χ1v) is 24.2. The van der Waals surface area contributed by atoms with Crippen molar-refractivity contribution in [3.63, 3.8) is 0 Å². The second-order valence-electron chi connectivity index (χ2n) is 17.8. The predicted molar refractivity (Wildman–Crippen MR) is 266 cm³/mol. The Labute approximate surface area is 375 Å². The van der Waals surface area contributed by atoms with Crippen LogP contribution in [0.1, 0.15) is 147 Å². The summed E-state index contributed by atoms with van der Waals surface area (Å²) in [4.78, 5) is 0. The summed E-state index contributed by atoms with van der Waals surface area (Å²) in [6.07, 6.45) is 23.0. The lowest BCUT2D eigenvalue weighted by Gasteiger charge is -2.36. The van der Waals surface area contributed by atoms with E-state index in [0.29, 0.717) is 0 Å². The van der Waals surface area contributed by atoms with E-state index in [-0.39, 0.29) is 10.8 Å². The van der Waals surface area contributed by atoms with Gasteiger partial charge in [-0.1, -0.05) is 283 Å². The number of hydrogen-bond acceptors (Lipinski definition) is 0. The second kappa shape index (κ2) is 24.2. The van der Waals surface area contributed by atoms with Crippen molar-refractivity contribution in [3.05, 3.63) is 251 Å². The van der Waals surface area contributed by atoms with Crippen LogP contribution < -0.4 is 0 Å². The van der Waals surface area contributed by atoms with Gasteiger partial charge < -0.3 is 0 Å². The fraction of sp³-hybridized carbons (Fsp3) is 0.323. The van der Waals surface area contributed by atoms with E-state index >= 15 is 0 Å². The van der Waals surface area contributed by atoms with Gasteiger partial charge in [-0.2, -0.15) is 0 Å². The topological polar surface area (TPSA) is 0 Å². The highest BCUT2D eigenvalue weighted by atomic mass is 14.4. The quantitative estimate of drug-likeness (QED) is 0.0377. The molecule has 0 aliphatic heterocycles. The molecule has 0 unspecified atom stereocenters. The van der Waals surface area contributed by atoms with Gasteiger partial charge in [-0.05, 0) is 83.0 Å². The fourth-order valence-electron chi connectivity index (χ4n) is 10.3. The van der Waals surface area contributed by atoms with E-state index in [1.807, 2.05) is 0 Å². The Morgan fingerprint density at radius 3 is 0.613 bits per heavy atom. The molecule has 0 radical (unpaired) electrons. The summed E-state index contributed by atoms with van der Waals surface area (Å²) in [6.45, 7) is 0. The first-order chi connectivity index (χ1) is 30.8.